The number of benzene rings is 1. The van der Waals surface area contributed by atoms with Gasteiger partial charge in [-0.1, -0.05) is 0 Å². The number of nitrogens with two attached hydrogens (primary N) is 1. The van der Waals surface area contributed by atoms with Crippen LogP contribution >= 0.6 is 0 Å². The Hall–Kier alpha value is -2.50. The van der Waals surface area contributed by atoms with Crippen molar-refractivity contribution < 1.29 is 14.6 Å². The number of aromatic carboxylic acids is 1. The third-order valence-electron chi connectivity index (χ3n) is 2.98. The predicted octanol–water partition coefficient (Wildman–Crippen LogP) is 2.01. The van der Waals surface area contributed by atoms with Gasteiger partial charge in [0, 0.05) is 19.4 Å². The van der Waals surface area contributed by atoms with Gasteiger partial charge >= 0.3 is 5.97 Å². The molecule has 0 aliphatic rings. The predicted molar refractivity (Wildman–Crippen MR) is 74.7 cm³/mol. The molecule has 1 aromatic heterocycles. The molecule has 1 heterocycles. The average Bonchev–Trinajstić information content (AvgIpc) is 2.78. The quantitative estimate of drug-likeness (QED) is 0.833. The van der Waals surface area contributed by atoms with Crippen LogP contribution in [0.4, 0.5) is 5.69 Å². The number of carboxylic acids is 1. The number of nitrogens with zero attached hydrogens (tertiary/aromatic N) is 2. The highest BCUT2D eigenvalue weighted by Crippen LogP contribution is 2.31. The van der Waals surface area contributed by atoms with E-state index in [2.05, 4.69) is 4.98 Å². The van der Waals surface area contributed by atoms with E-state index in [-0.39, 0.29) is 11.3 Å². The summed E-state index contributed by atoms with van der Waals surface area (Å²) in [5.74, 6) is 0.161. The molecule has 2 aromatic rings. The molecule has 0 saturated carbocycles. The summed E-state index contributed by atoms with van der Waals surface area (Å²) >= 11 is 0. The van der Waals surface area contributed by atoms with E-state index in [1.807, 2.05) is 31.7 Å². The van der Waals surface area contributed by atoms with Gasteiger partial charge in [-0.25, -0.2) is 9.78 Å². The molecule has 0 aliphatic heterocycles. The van der Waals surface area contributed by atoms with Crippen molar-refractivity contribution >= 4 is 11.7 Å². The summed E-state index contributed by atoms with van der Waals surface area (Å²) in [6.45, 7) is 3.75. The molecule has 0 bridgehead atoms. The van der Waals surface area contributed by atoms with E-state index in [1.54, 1.807) is 12.3 Å². The van der Waals surface area contributed by atoms with Crippen molar-refractivity contribution in [2.24, 2.45) is 7.05 Å². The van der Waals surface area contributed by atoms with Crippen molar-refractivity contribution in [3.05, 3.63) is 42.0 Å². The van der Waals surface area contributed by atoms with Gasteiger partial charge in [0.15, 0.2) is 11.4 Å². The number of aryl methyl sites for hydroxylation is 1. The lowest BCUT2D eigenvalue weighted by molar-refractivity contribution is 0.0696. The number of aromatic nitrogens is 2. The lowest BCUT2D eigenvalue weighted by Crippen LogP contribution is -2.29. The normalized spacial score (nSPS) is 11.3. The topological polar surface area (TPSA) is 90.4 Å². The van der Waals surface area contributed by atoms with Crippen LogP contribution in [-0.2, 0) is 12.6 Å². The molecule has 0 fully saturated rings. The zero-order chi connectivity index (χ0) is 14.9. The molecule has 3 N–H and O–H groups in total. The second-order valence-corrected chi connectivity index (χ2v) is 5.03. The van der Waals surface area contributed by atoms with Gasteiger partial charge in [0.25, 0.3) is 0 Å². The molecule has 20 heavy (non-hydrogen) atoms. The molecule has 0 unspecified atom stereocenters. The molecule has 6 nitrogen and oxygen atoms in total. The van der Waals surface area contributed by atoms with Crippen LogP contribution in [0, 0.1) is 0 Å². The van der Waals surface area contributed by atoms with Crippen molar-refractivity contribution in [1.29, 1.82) is 0 Å². The summed E-state index contributed by atoms with van der Waals surface area (Å²) in [7, 11) is 1.88. The zero-order valence-corrected chi connectivity index (χ0v) is 11.6. The highest BCUT2D eigenvalue weighted by molar-refractivity contribution is 5.89. The van der Waals surface area contributed by atoms with Crippen molar-refractivity contribution in [1.82, 2.24) is 9.55 Å². The smallest absolute Gasteiger partial charge is 0.335 e. The first kappa shape index (κ1) is 13.9. The van der Waals surface area contributed by atoms with E-state index in [1.165, 1.54) is 12.1 Å². The molecular formula is C14H17N3O3. The van der Waals surface area contributed by atoms with Gasteiger partial charge in [0.2, 0.25) is 0 Å². The molecule has 0 atom stereocenters. The van der Waals surface area contributed by atoms with E-state index in [4.69, 9.17) is 15.6 Å². The van der Waals surface area contributed by atoms with Crippen LogP contribution in [0.15, 0.2) is 30.6 Å². The maximum absolute atomic E-state index is 10.9. The molecular weight excluding hydrogens is 258 g/mol. The molecule has 0 spiro atoms. The van der Waals surface area contributed by atoms with Gasteiger partial charge in [-0.05, 0) is 32.0 Å². The van der Waals surface area contributed by atoms with Crippen molar-refractivity contribution in [3.63, 3.8) is 0 Å². The lowest BCUT2D eigenvalue weighted by atomic mass is 10.1. The standard InChI is InChI=1S/C14H17N3O3/c1-14(2,13-16-6-7-17(13)3)20-11-5-4-9(12(18)19)8-10(11)15/h4-8H,15H2,1-3H3,(H,18,19). The SMILES string of the molecule is Cn1ccnc1C(C)(C)Oc1ccc(C(=O)O)cc1N. The monoisotopic (exact) mass is 275 g/mol. The van der Waals surface area contributed by atoms with Crippen LogP contribution in [0.25, 0.3) is 0 Å². The van der Waals surface area contributed by atoms with E-state index in [9.17, 15) is 4.79 Å². The Kier molecular flexibility index (Phi) is 3.40. The minimum atomic E-state index is -1.02. The van der Waals surface area contributed by atoms with Gasteiger partial charge in [0.05, 0.1) is 11.3 Å². The largest absolute Gasteiger partial charge is 0.478 e. The van der Waals surface area contributed by atoms with Crippen LogP contribution in [0.5, 0.6) is 5.75 Å². The number of hydrogen-bond acceptors (Lipinski definition) is 4. The van der Waals surface area contributed by atoms with Crippen molar-refractivity contribution in [3.8, 4) is 5.75 Å². The summed E-state index contributed by atoms with van der Waals surface area (Å²) in [6, 6.07) is 4.40. The summed E-state index contributed by atoms with van der Waals surface area (Å²) in [5, 5.41) is 8.91. The van der Waals surface area contributed by atoms with Crippen molar-refractivity contribution in [2.75, 3.05) is 5.73 Å². The second-order valence-electron chi connectivity index (χ2n) is 5.03. The van der Waals surface area contributed by atoms with Gasteiger partial charge in [-0.2, -0.15) is 0 Å². The van der Waals surface area contributed by atoms with E-state index < -0.39 is 11.6 Å². The van der Waals surface area contributed by atoms with E-state index in [0.29, 0.717) is 5.75 Å². The zero-order valence-electron chi connectivity index (χ0n) is 11.6. The molecule has 106 valence electrons. The van der Waals surface area contributed by atoms with Crippen LogP contribution in [0.2, 0.25) is 0 Å². The molecule has 0 radical (unpaired) electrons. The Labute approximate surface area is 116 Å². The van der Waals surface area contributed by atoms with Gasteiger partial charge in [0.1, 0.15) is 5.75 Å². The van der Waals surface area contributed by atoms with Crippen LogP contribution in [0.1, 0.15) is 30.0 Å². The van der Waals surface area contributed by atoms with Gasteiger partial charge < -0.3 is 20.1 Å². The Morgan fingerprint density at radius 3 is 2.65 bits per heavy atom. The number of imidazole rings is 1. The fourth-order valence-corrected chi connectivity index (χ4v) is 2.04. The van der Waals surface area contributed by atoms with Gasteiger partial charge in [-0.15, -0.1) is 0 Å². The summed E-state index contributed by atoms with van der Waals surface area (Å²) in [5.41, 5.74) is 5.57. The molecule has 2 rings (SSSR count). The second kappa shape index (κ2) is 4.88. The highest BCUT2D eigenvalue weighted by atomic mass is 16.5. The van der Waals surface area contributed by atoms with E-state index >= 15 is 0 Å². The third kappa shape index (κ3) is 2.59. The number of carboxylic acid groups (broad SMARTS) is 1. The Balaban J connectivity index is 2.30. The molecule has 0 amide bonds. The number of nitrogen functional groups attached to an aromatic ring is 1. The number of ether oxygens (including phenoxy) is 1. The summed E-state index contributed by atoms with van der Waals surface area (Å²) < 4.78 is 7.75. The molecule has 0 aliphatic carbocycles. The first-order valence-corrected chi connectivity index (χ1v) is 6.11. The summed E-state index contributed by atoms with van der Waals surface area (Å²) in [6.07, 6.45) is 3.52. The minimum absolute atomic E-state index is 0.129. The molecule has 6 heteroatoms. The first-order valence-electron chi connectivity index (χ1n) is 6.11. The molecule has 0 saturated heterocycles. The van der Waals surface area contributed by atoms with Crippen LogP contribution in [-0.4, -0.2) is 20.6 Å². The first-order chi connectivity index (χ1) is 9.31. The van der Waals surface area contributed by atoms with Gasteiger partial charge in [-0.3, -0.25) is 0 Å². The number of anilines is 1. The molecule has 1 aromatic carbocycles. The maximum atomic E-state index is 10.9. The Morgan fingerprint density at radius 1 is 1.45 bits per heavy atom. The minimum Gasteiger partial charge on any atom is -0.478 e. The van der Waals surface area contributed by atoms with Crippen LogP contribution < -0.4 is 10.5 Å². The maximum Gasteiger partial charge on any atom is 0.335 e. The third-order valence-corrected chi connectivity index (χ3v) is 2.98. The summed E-state index contributed by atoms with van der Waals surface area (Å²) in [4.78, 5) is 15.1. The number of hydrogen-bond donors (Lipinski definition) is 2. The fourth-order valence-electron chi connectivity index (χ4n) is 2.04. The Morgan fingerprint density at radius 2 is 2.15 bits per heavy atom. The lowest BCUT2D eigenvalue weighted by Gasteiger charge is -2.26. The Bertz CT molecular complexity index is 647. The van der Waals surface area contributed by atoms with Crippen molar-refractivity contribution in [2.45, 2.75) is 19.4 Å². The highest BCUT2D eigenvalue weighted by Gasteiger charge is 2.28. The fraction of sp³-hybridized carbons (Fsp3) is 0.286. The number of rotatable bonds is 4. The van der Waals surface area contributed by atoms with Crippen LogP contribution in [0.3, 0.4) is 0 Å². The number of carbonyl (C=O) groups is 1. The van der Waals surface area contributed by atoms with E-state index in [0.717, 1.165) is 5.82 Å². The average molecular weight is 275 g/mol.